The molecule has 0 amide bonds. The van der Waals surface area contributed by atoms with Gasteiger partial charge in [0, 0.05) is 38.3 Å². The van der Waals surface area contributed by atoms with Crippen LogP contribution in [-0.2, 0) is 19.5 Å². The molecule has 0 aliphatic carbocycles. The van der Waals surface area contributed by atoms with Crippen molar-refractivity contribution in [3.8, 4) is 6.07 Å². The van der Waals surface area contributed by atoms with E-state index in [4.69, 9.17) is 5.11 Å². The maximum atomic E-state index is 9.82. The summed E-state index contributed by atoms with van der Waals surface area (Å²) in [5.74, 6) is 0.723. The topological polar surface area (TPSA) is 89.5 Å². The van der Waals surface area contributed by atoms with Crippen LogP contribution in [-0.4, -0.2) is 44.3 Å². The van der Waals surface area contributed by atoms with Gasteiger partial charge in [0.1, 0.15) is 18.2 Å². The average molecular weight is 362 g/mol. The number of pyridine rings is 1. The highest BCUT2D eigenvalue weighted by Gasteiger charge is 2.26. The number of aromatic nitrogens is 3. The first-order valence-electron chi connectivity index (χ1n) is 9.20. The van der Waals surface area contributed by atoms with E-state index in [1.165, 1.54) is 5.56 Å². The van der Waals surface area contributed by atoms with Gasteiger partial charge in [-0.1, -0.05) is 30.3 Å². The van der Waals surface area contributed by atoms with Crippen molar-refractivity contribution in [2.24, 2.45) is 0 Å². The molecule has 2 aromatic heterocycles. The molecule has 1 aliphatic rings. The minimum atomic E-state index is 0.111. The van der Waals surface area contributed by atoms with Gasteiger partial charge in [0.2, 0.25) is 0 Å². The van der Waals surface area contributed by atoms with Crippen LogP contribution < -0.4 is 5.32 Å². The molecule has 1 aromatic carbocycles. The minimum absolute atomic E-state index is 0.111. The molecule has 0 radical (unpaired) electrons. The van der Waals surface area contributed by atoms with Gasteiger partial charge >= 0.3 is 0 Å². The first-order chi connectivity index (χ1) is 13.3. The number of fused-ring (bicyclic) bond motifs is 3. The molecule has 0 bridgehead atoms. The predicted octanol–water partition coefficient (Wildman–Crippen LogP) is 1.95. The monoisotopic (exact) mass is 362 g/mol. The number of hydrogen-bond acceptors (Lipinski definition) is 6. The van der Waals surface area contributed by atoms with Crippen LogP contribution in [0.5, 0.6) is 0 Å². The quantitative estimate of drug-likeness (QED) is 0.652. The molecule has 0 saturated heterocycles. The van der Waals surface area contributed by atoms with Crippen LogP contribution in [0.2, 0.25) is 0 Å². The zero-order valence-corrected chi connectivity index (χ0v) is 15.1. The molecular weight excluding hydrogens is 340 g/mol. The number of nitriles is 1. The highest BCUT2D eigenvalue weighted by Crippen LogP contribution is 2.31. The van der Waals surface area contributed by atoms with E-state index < -0.39 is 0 Å². The van der Waals surface area contributed by atoms with E-state index in [0.29, 0.717) is 18.5 Å². The van der Waals surface area contributed by atoms with Crippen molar-refractivity contribution in [1.29, 1.82) is 5.26 Å². The highest BCUT2D eigenvalue weighted by molar-refractivity contribution is 5.68. The fourth-order valence-electron chi connectivity index (χ4n) is 3.72. The van der Waals surface area contributed by atoms with Crippen LogP contribution in [0, 0.1) is 11.3 Å². The van der Waals surface area contributed by atoms with Crippen molar-refractivity contribution in [3.63, 3.8) is 0 Å². The van der Waals surface area contributed by atoms with Crippen molar-refractivity contribution in [2.45, 2.75) is 25.9 Å². The first kappa shape index (κ1) is 17.5. The van der Waals surface area contributed by atoms with Crippen molar-refractivity contribution in [2.75, 3.05) is 25.0 Å². The van der Waals surface area contributed by atoms with Crippen LogP contribution in [0.3, 0.4) is 0 Å². The second-order valence-corrected chi connectivity index (χ2v) is 6.77. The lowest BCUT2D eigenvalue weighted by Gasteiger charge is -2.30. The van der Waals surface area contributed by atoms with Crippen molar-refractivity contribution in [3.05, 3.63) is 58.9 Å². The molecule has 27 heavy (non-hydrogen) atoms. The molecule has 4 rings (SSSR count). The third-order valence-corrected chi connectivity index (χ3v) is 5.01. The molecule has 7 heteroatoms. The Morgan fingerprint density at radius 1 is 1.22 bits per heavy atom. The van der Waals surface area contributed by atoms with Gasteiger partial charge in [0.05, 0.1) is 5.56 Å². The molecule has 3 heterocycles. The van der Waals surface area contributed by atoms with Gasteiger partial charge in [-0.15, -0.1) is 10.2 Å². The van der Waals surface area contributed by atoms with E-state index in [2.05, 4.69) is 50.7 Å². The lowest BCUT2D eigenvalue weighted by atomic mass is 9.95. The lowest BCUT2D eigenvalue weighted by molar-refractivity contribution is 0.246. The first-order valence-corrected chi connectivity index (χ1v) is 9.20. The SMILES string of the molecule is N#Cc1c2c(c3nncn3c1NCCCO)CN(Cc1ccccc1)CC2. The molecule has 0 spiro atoms. The lowest BCUT2D eigenvalue weighted by Crippen LogP contribution is -2.31. The Balaban J connectivity index is 1.69. The zero-order chi connectivity index (χ0) is 18.6. The predicted molar refractivity (Wildman–Crippen MR) is 102 cm³/mol. The number of aliphatic hydroxyl groups is 1. The number of anilines is 1. The Hall–Kier alpha value is -2.95. The summed E-state index contributed by atoms with van der Waals surface area (Å²) in [6, 6.07) is 12.8. The largest absolute Gasteiger partial charge is 0.396 e. The highest BCUT2D eigenvalue weighted by atomic mass is 16.3. The van der Waals surface area contributed by atoms with Crippen molar-refractivity contribution in [1.82, 2.24) is 19.5 Å². The normalized spacial score (nSPS) is 14.1. The standard InChI is InChI=1S/C20H22N6O/c21-11-17-16-7-9-25(12-15-5-2-1-3-6-15)13-18(16)20-24-23-14-26(20)19(17)22-8-4-10-27/h1-3,5-6,14,22,27H,4,7-10,12-13H2. The third-order valence-electron chi connectivity index (χ3n) is 5.01. The number of nitrogens with zero attached hydrogens (tertiary/aromatic N) is 5. The number of hydrogen-bond donors (Lipinski definition) is 2. The van der Waals surface area contributed by atoms with E-state index >= 15 is 0 Å². The van der Waals surface area contributed by atoms with Crippen LogP contribution in [0.15, 0.2) is 36.7 Å². The summed E-state index contributed by atoms with van der Waals surface area (Å²) in [5, 5.41) is 30.6. The smallest absolute Gasteiger partial charge is 0.167 e. The summed E-state index contributed by atoms with van der Waals surface area (Å²) >= 11 is 0. The van der Waals surface area contributed by atoms with Gasteiger partial charge < -0.3 is 10.4 Å². The second kappa shape index (κ2) is 7.74. The van der Waals surface area contributed by atoms with Gasteiger partial charge in [-0.05, 0) is 24.0 Å². The Labute approximate surface area is 157 Å². The Morgan fingerprint density at radius 2 is 2.07 bits per heavy atom. The molecule has 7 nitrogen and oxygen atoms in total. The fourth-order valence-corrected chi connectivity index (χ4v) is 3.72. The summed E-state index contributed by atoms with van der Waals surface area (Å²) in [5.41, 5.74) is 4.89. The van der Waals surface area contributed by atoms with Gasteiger partial charge in [-0.2, -0.15) is 5.26 Å². The summed E-state index contributed by atoms with van der Waals surface area (Å²) in [6.07, 6.45) is 3.08. The van der Waals surface area contributed by atoms with Gasteiger partial charge in [0.15, 0.2) is 5.65 Å². The third kappa shape index (κ3) is 3.37. The van der Waals surface area contributed by atoms with Crippen LogP contribution in [0.4, 0.5) is 5.82 Å². The Bertz CT molecular complexity index is 976. The molecule has 3 aromatic rings. The van der Waals surface area contributed by atoms with Crippen LogP contribution in [0.25, 0.3) is 5.65 Å². The molecule has 138 valence electrons. The van der Waals surface area contributed by atoms with E-state index in [9.17, 15) is 5.26 Å². The molecule has 1 aliphatic heterocycles. The summed E-state index contributed by atoms with van der Waals surface area (Å²) in [6.45, 7) is 3.23. The van der Waals surface area contributed by atoms with Crippen LogP contribution in [0.1, 0.15) is 28.7 Å². The second-order valence-electron chi connectivity index (χ2n) is 6.77. The summed E-state index contributed by atoms with van der Waals surface area (Å²) < 4.78 is 1.86. The van der Waals surface area contributed by atoms with E-state index in [-0.39, 0.29) is 6.61 Å². The number of rotatable bonds is 6. The maximum absolute atomic E-state index is 9.82. The number of nitrogens with one attached hydrogen (secondary N) is 1. The van der Waals surface area contributed by atoms with Crippen molar-refractivity contribution < 1.29 is 5.11 Å². The maximum Gasteiger partial charge on any atom is 0.167 e. The summed E-state index contributed by atoms with van der Waals surface area (Å²) in [7, 11) is 0. The van der Waals surface area contributed by atoms with E-state index in [0.717, 1.165) is 48.6 Å². The van der Waals surface area contributed by atoms with Crippen LogP contribution >= 0.6 is 0 Å². The van der Waals surface area contributed by atoms with E-state index in [1.54, 1.807) is 6.33 Å². The molecule has 0 saturated carbocycles. The van der Waals surface area contributed by atoms with E-state index in [1.807, 2.05) is 10.5 Å². The fraction of sp³-hybridized carbons (Fsp3) is 0.350. The van der Waals surface area contributed by atoms with Gasteiger partial charge in [-0.25, -0.2) is 0 Å². The summed E-state index contributed by atoms with van der Waals surface area (Å²) in [4.78, 5) is 2.38. The van der Waals surface area contributed by atoms with Gasteiger partial charge in [0.25, 0.3) is 0 Å². The zero-order valence-electron chi connectivity index (χ0n) is 15.1. The minimum Gasteiger partial charge on any atom is -0.396 e. The molecule has 2 N–H and O–H groups in total. The Morgan fingerprint density at radius 3 is 2.85 bits per heavy atom. The molecule has 0 unspecified atom stereocenters. The van der Waals surface area contributed by atoms with Crippen molar-refractivity contribution >= 4 is 11.5 Å². The van der Waals surface area contributed by atoms with Gasteiger partial charge in [-0.3, -0.25) is 9.30 Å². The average Bonchev–Trinajstić information content (AvgIpc) is 3.19. The molecule has 0 atom stereocenters. The number of aliphatic hydroxyl groups excluding tert-OH is 1. The Kier molecular flexibility index (Phi) is 5.01. The molecular formula is C20H22N6O. The number of benzene rings is 1. The molecule has 0 fully saturated rings.